The Labute approximate surface area is 111 Å². The molecule has 0 saturated heterocycles. The van der Waals surface area contributed by atoms with E-state index in [0.717, 1.165) is 0 Å². The predicted octanol–water partition coefficient (Wildman–Crippen LogP) is 0.210. The Bertz CT molecular complexity index is 469. The van der Waals surface area contributed by atoms with Gasteiger partial charge in [0.25, 0.3) is 0 Å². The summed E-state index contributed by atoms with van der Waals surface area (Å²) in [6.07, 6.45) is 1.53. The summed E-state index contributed by atoms with van der Waals surface area (Å²) in [5, 5.41) is 19.3. The van der Waals surface area contributed by atoms with Crippen molar-refractivity contribution in [2.45, 2.75) is 32.9 Å². The number of nitrogens with zero attached hydrogens (tertiary/aromatic N) is 4. The number of carbonyl (C=O) groups excluding carboxylic acids is 1. The molecule has 0 aliphatic rings. The molecule has 1 aromatic rings. The summed E-state index contributed by atoms with van der Waals surface area (Å²) in [7, 11) is 1.76. The number of hydrogen-bond donors (Lipinski definition) is 2. The molecular weight excluding hydrogens is 250 g/mol. The van der Waals surface area contributed by atoms with Gasteiger partial charge in [-0.2, -0.15) is 0 Å². The fraction of sp³-hybridized carbons (Fsp3) is 0.636. The van der Waals surface area contributed by atoms with Gasteiger partial charge in [0.2, 0.25) is 0 Å². The van der Waals surface area contributed by atoms with Crippen molar-refractivity contribution in [3.8, 4) is 0 Å². The minimum atomic E-state index is -1.27. The fourth-order valence-corrected chi connectivity index (χ4v) is 1.63. The normalized spacial score (nSPS) is 11.2. The third-order valence-corrected chi connectivity index (χ3v) is 2.96. The number of carbonyl (C=O) groups is 2. The highest BCUT2D eigenvalue weighted by atomic mass is 16.4. The van der Waals surface area contributed by atoms with Crippen molar-refractivity contribution in [1.29, 1.82) is 0 Å². The third-order valence-electron chi connectivity index (χ3n) is 2.96. The number of carboxylic acid groups (broad SMARTS) is 1. The molecule has 2 N–H and O–H groups in total. The second kappa shape index (κ2) is 5.68. The van der Waals surface area contributed by atoms with Crippen LogP contribution in [0.25, 0.3) is 0 Å². The molecule has 1 aromatic heterocycles. The van der Waals surface area contributed by atoms with E-state index < -0.39 is 17.5 Å². The highest BCUT2D eigenvalue weighted by Gasteiger charge is 2.36. The van der Waals surface area contributed by atoms with Gasteiger partial charge in [-0.1, -0.05) is 0 Å². The Morgan fingerprint density at radius 3 is 2.58 bits per heavy atom. The van der Waals surface area contributed by atoms with E-state index in [-0.39, 0.29) is 6.54 Å². The quantitative estimate of drug-likeness (QED) is 0.795. The van der Waals surface area contributed by atoms with Crippen molar-refractivity contribution in [2.24, 2.45) is 7.05 Å². The van der Waals surface area contributed by atoms with Crippen molar-refractivity contribution < 1.29 is 14.7 Å². The van der Waals surface area contributed by atoms with Crippen LogP contribution in [-0.4, -0.2) is 48.9 Å². The molecular formula is C11H19N5O3. The molecule has 2 amide bonds. The van der Waals surface area contributed by atoms with Crippen LogP contribution in [0.1, 0.15) is 26.6 Å². The van der Waals surface area contributed by atoms with Gasteiger partial charge in [0.1, 0.15) is 11.9 Å². The zero-order chi connectivity index (χ0) is 14.6. The standard InChI is InChI=1S/C11H19N5O3/c1-5-16(11(2,3)9(17)18)10(19)12-6-8-14-13-7-15(8)4/h7H,5-6H2,1-4H3,(H,12,19)(H,17,18). The molecule has 0 saturated carbocycles. The number of aromatic nitrogens is 3. The highest BCUT2D eigenvalue weighted by molar-refractivity contribution is 5.85. The summed E-state index contributed by atoms with van der Waals surface area (Å²) in [5.41, 5.74) is -1.27. The van der Waals surface area contributed by atoms with Gasteiger partial charge < -0.3 is 19.9 Å². The lowest BCUT2D eigenvalue weighted by Gasteiger charge is -2.34. The van der Waals surface area contributed by atoms with Gasteiger partial charge in [0.05, 0.1) is 6.54 Å². The number of urea groups is 1. The van der Waals surface area contributed by atoms with Crippen LogP contribution >= 0.6 is 0 Å². The molecule has 0 atom stereocenters. The number of aryl methyl sites for hydroxylation is 1. The molecule has 8 nitrogen and oxygen atoms in total. The van der Waals surface area contributed by atoms with Crippen LogP contribution in [0.15, 0.2) is 6.33 Å². The molecule has 0 bridgehead atoms. The summed E-state index contributed by atoms with van der Waals surface area (Å²) in [5.74, 6) is -0.458. The Balaban J connectivity index is 2.70. The molecule has 106 valence electrons. The van der Waals surface area contributed by atoms with Crippen LogP contribution < -0.4 is 5.32 Å². The van der Waals surface area contributed by atoms with E-state index in [9.17, 15) is 9.59 Å². The SMILES string of the molecule is CCN(C(=O)NCc1nncn1C)C(C)(C)C(=O)O. The topological polar surface area (TPSA) is 100 Å². The van der Waals surface area contributed by atoms with E-state index >= 15 is 0 Å². The maximum atomic E-state index is 12.0. The van der Waals surface area contributed by atoms with Crippen LogP contribution in [-0.2, 0) is 18.4 Å². The largest absolute Gasteiger partial charge is 0.480 e. The molecule has 8 heteroatoms. The number of rotatable bonds is 5. The first-order chi connectivity index (χ1) is 8.80. The van der Waals surface area contributed by atoms with Gasteiger partial charge in [-0.3, -0.25) is 0 Å². The summed E-state index contributed by atoms with van der Waals surface area (Å²) < 4.78 is 1.68. The second-order valence-corrected chi connectivity index (χ2v) is 4.63. The Morgan fingerprint density at radius 1 is 1.53 bits per heavy atom. The number of nitrogens with one attached hydrogen (secondary N) is 1. The van der Waals surface area contributed by atoms with Crippen LogP contribution in [0, 0.1) is 0 Å². The Hall–Kier alpha value is -2.12. The lowest BCUT2D eigenvalue weighted by molar-refractivity contribution is -0.147. The van der Waals surface area contributed by atoms with E-state index in [4.69, 9.17) is 5.11 Å². The molecule has 0 fully saturated rings. The van der Waals surface area contributed by atoms with Gasteiger partial charge in [0, 0.05) is 13.6 Å². The van der Waals surface area contributed by atoms with Gasteiger partial charge in [-0.05, 0) is 20.8 Å². The number of carboxylic acids is 1. The van der Waals surface area contributed by atoms with E-state index in [0.29, 0.717) is 12.4 Å². The molecule has 0 aliphatic heterocycles. The first-order valence-corrected chi connectivity index (χ1v) is 5.92. The number of hydrogen-bond acceptors (Lipinski definition) is 4. The van der Waals surface area contributed by atoms with Crippen LogP contribution in [0.5, 0.6) is 0 Å². The number of likely N-dealkylation sites (N-methyl/N-ethyl adjacent to an activating group) is 1. The zero-order valence-corrected chi connectivity index (χ0v) is 11.5. The van der Waals surface area contributed by atoms with Crippen molar-refractivity contribution in [3.05, 3.63) is 12.2 Å². The van der Waals surface area contributed by atoms with Crippen LogP contribution in [0.2, 0.25) is 0 Å². The molecule has 0 aliphatic carbocycles. The van der Waals surface area contributed by atoms with E-state index in [1.54, 1.807) is 18.5 Å². The molecule has 1 rings (SSSR count). The smallest absolute Gasteiger partial charge is 0.329 e. The highest BCUT2D eigenvalue weighted by Crippen LogP contribution is 2.14. The maximum Gasteiger partial charge on any atom is 0.329 e. The first-order valence-electron chi connectivity index (χ1n) is 5.92. The fourth-order valence-electron chi connectivity index (χ4n) is 1.63. The van der Waals surface area contributed by atoms with Gasteiger partial charge in [0.15, 0.2) is 5.82 Å². The Kier molecular flexibility index (Phi) is 4.47. The minimum Gasteiger partial charge on any atom is -0.480 e. The summed E-state index contributed by atoms with van der Waals surface area (Å²) in [6, 6.07) is -0.446. The van der Waals surface area contributed by atoms with Crippen LogP contribution in [0.3, 0.4) is 0 Å². The molecule has 1 heterocycles. The van der Waals surface area contributed by atoms with E-state index in [1.807, 2.05) is 0 Å². The lowest BCUT2D eigenvalue weighted by Crippen LogP contribution is -2.55. The van der Waals surface area contributed by atoms with E-state index in [2.05, 4.69) is 15.5 Å². The molecule has 0 aromatic carbocycles. The van der Waals surface area contributed by atoms with Crippen molar-refractivity contribution in [3.63, 3.8) is 0 Å². The number of aliphatic carboxylic acids is 1. The first kappa shape index (κ1) is 14.9. The molecule has 19 heavy (non-hydrogen) atoms. The number of amides is 2. The maximum absolute atomic E-state index is 12.0. The van der Waals surface area contributed by atoms with Gasteiger partial charge >= 0.3 is 12.0 Å². The zero-order valence-electron chi connectivity index (χ0n) is 11.5. The predicted molar refractivity (Wildman–Crippen MR) is 67.3 cm³/mol. The van der Waals surface area contributed by atoms with Crippen molar-refractivity contribution in [1.82, 2.24) is 25.0 Å². The second-order valence-electron chi connectivity index (χ2n) is 4.63. The summed E-state index contributed by atoms with van der Waals surface area (Å²) in [4.78, 5) is 24.4. The third kappa shape index (κ3) is 3.21. The molecule has 0 radical (unpaired) electrons. The van der Waals surface area contributed by atoms with Crippen LogP contribution in [0.4, 0.5) is 4.79 Å². The summed E-state index contributed by atoms with van der Waals surface area (Å²) >= 11 is 0. The lowest BCUT2D eigenvalue weighted by atomic mass is 10.0. The summed E-state index contributed by atoms with van der Waals surface area (Å²) in [6.45, 7) is 5.19. The van der Waals surface area contributed by atoms with Crippen molar-refractivity contribution >= 4 is 12.0 Å². The molecule has 0 spiro atoms. The van der Waals surface area contributed by atoms with E-state index in [1.165, 1.54) is 25.1 Å². The van der Waals surface area contributed by atoms with Gasteiger partial charge in [-0.25, -0.2) is 9.59 Å². The van der Waals surface area contributed by atoms with Gasteiger partial charge in [-0.15, -0.1) is 10.2 Å². The average molecular weight is 269 g/mol. The monoisotopic (exact) mass is 269 g/mol. The van der Waals surface area contributed by atoms with Crippen molar-refractivity contribution in [2.75, 3.05) is 6.54 Å². The molecule has 0 unspecified atom stereocenters. The Morgan fingerprint density at radius 2 is 2.16 bits per heavy atom. The minimum absolute atomic E-state index is 0.196. The average Bonchev–Trinajstić information content (AvgIpc) is 2.72.